The molecule has 0 saturated carbocycles. The molecule has 16 nitrogen and oxygen atoms in total. The molecule has 0 aliphatic heterocycles. The van der Waals surface area contributed by atoms with E-state index in [-0.39, 0.29) is 21.2 Å². The fourth-order valence-electron chi connectivity index (χ4n) is 6.93. The van der Waals surface area contributed by atoms with Crippen LogP contribution in [0.1, 0.15) is 11.1 Å². The second kappa shape index (κ2) is 19.6. The molecule has 0 heterocycles. The molecule has 336 valence electrons. The quantitative estimate of drug-likeness (QED) is 0.0586. The molecule has 0 aromatic heterocycles. The van der Waals surface area contributed by atoms with E-state index in [2.05, 4.69) is 31.9 Å². The van der Waals surface area contributed by atoms with Gasteiger partial charge in [0.1, 0.15) is 0 Å². The Balaban J connectivity index is 0.786. The Kier molecular flexibility index (Phi) is 13.1. The van der Waals surface area contributed by atoms with Crippen LogP contribution in [-0.4, -0.2) is 41.0 Å². The van der Waals surface area contributed by atoms with E-state index < -0.39 is 44.2 Å². The van der Waals surface area contributed by atoms with Crippen molar-refractivity contribution in [2.24, 2.45) is 0 Å². The van der Waals surface area contributed by atoms with E-state index in [1.54, 1.807) is 60.7 Å². The van der Waals surface area contributed by atoms with Gasteiger partial charge in [0.2, 0.25) is 0 Å². The molecule has 0 bridgehead atoms. The van der Waals surface area contributed by atoms with E-state index in [0.717, 1.165) is 32.7 Å². The largest absolute Gasteiger partial charge is 0.333 e. The van der Waals surface area contributed by atoms with Crippen LogP contribution in [0.15, 0.2) is 192 Å². The maximum Gasteiger partial charge on any atom is 0.333 e. The maximum absolute atomic E-state index is 13.1. The maximum atomic E-state index is 13.1. The molecule has 8 N–H and O–H groups in total. The molecule has 8 aromatic rings. The first-order valence-corrected chi connectivity index (χ1v) is 23.4. The van der Waals surface area contributed by atoms with Gasteiger partial charge in [-0.15, -0.1) is 0 Å². The Morgan fingerprint density at radius 1 is 0.313 bits per heavy atom. The zero-order chi connectivity index (χ0) is 47.0. The monoisotopic (exact) mass is 932 g/mol. The van der Waals surface area contributed by atoms with Crippen LogP contribution in [0.2, 0.25) is 0 Å². The molecule has 0 atom stereocenters. The third-order valence-electron chi connectivity index (χ3n) is 10.1. The summed E-state index contributed by atoms with van der Waals surface area (Å²) in [7, 11) is -8.66. The van der Waals surface area contributed by atoms with Crippen molar-refractivity contribution in [3.8, 4) is 0 Å². The number of rotatable bonds is 12. The summed E-state index contributed by atoms with van der Waals surface area (Å²) in [6.07, 6.45) is 0.455. The Bertz CT molecular complexity index is 3180. The Hall–Kier alpha value is -8.74. The number of hydrogen-bond donors (Lipinski definition) is 8. The molecule has 18 heteroatoms. The number of urea groups is 4. The lowest BCUT2D eigenvalue weighted by Crippen LogP contribution is -2.34. The summed E-state index contributed by atoms with van der Waals surface area (Å²) in [5.41, 5.74) is 3.82. The van der Waals surface area contributed by atoms with Crippen LogP contribution in [0.4, 0.5) is 53.3 Å². The minimum atomic E-state index is -4.33. The van der Waals surface area contributed by atoms with Gasteiger partial charge in [-0.1, -0.05) is 97.1 Å². The third-order valence-corrected chi connectivity index (χ3v) is 12.8. The van der Waals surface area contributed by atoms with Gasteiger partial charge in [-0.25, -0.2) is 45.5 Å². The number of carbonyl (C=O) groups is 4. The van der Waals surface area contributed by atoms with Crippen LogP contribution < -0.4 is 41.3 Å². The molecule has 0 aliphatic carbocycles. The molecule has 8 rings (SSSR count). The smallest absolute Gasteiger partial charge is 0.308 e. The number of carbonyl (C=O) groups excluding carboxylic acids is 4. The van der Waals surface area contributed by atoms with Crippen molar-refractivity contribution in [2.75, 3.05) is 31.9 Å². The number of fused-ring (bicyclic) bond motifs is 2. The third kappa shape index (κ3) is 11.9. The lowest BCUT2D eigenvalue weighted by molar-refractivity contribution is 0.255. The Labute approximate surface area is 384 Å². The van der Waals surface area contributed by atoms with Gasteiger partial charge in [0, 0.05) is 34.1 Å². The molecule has 8 amide bonds. The minimum absolute atomic E-state index is 0.189. The summed E-state index contributed by atoms with van der Waals surface area (Å²) in [6.45, 7) is 0. The molecule has 0 spiro atoms. The van der Waals surface area contributed by atoms with E-state index in [0.29, 0.717) is 29.2 Å². The van der Waals surface area contributed by atoms with Crippen LogP contribution in [0.3, 0.4) is 0 Å². The number of sulfonamides is 2. The topological polar surface area (TPSA) is 233 Å². The van der Waals surface area contributed by atoms with Gasteiger partial charge in [-0.3, -0.25) is 0 Å². The molecule has 8 aromatic carbocycles. The van der Waals surface area contributed by atoms with Gasteiger partial charge in [0.05, 0.1) is 9.79 Å². The first-order valence-electron chi connectivity index (χ1n) is 20.4. The van der Waals surface area contributed by atoms with Crippen molar-refractivity contribution in [3.05, 3.63) is 193 Å². The predicted octanol–water partition coefficient (Wildman–Crippen LogP) is 9.89. The zero-order valence-corrected chi connectivity index (χ0v) is 36.7. The van der Waals surface area contributed by atoms with E-state index >= 15 is 0 Å². The average Bonchev–Trinajstić information content (AvgIpc) is 3.30. The highest BCUT2D eigenvalue weighted by molar-refractivity contribution is 7.90. The SMILES string of the molecule is O=C(Nc1cccc(S(=O)(=O)NC(=O)Nc2ccc(Cc3ccc(NC(=O)NS(=O)(=O)c4cccc(NC(=O)Nc5ccc6ccccc6c5)c4)cc3)cc2)c1)Nc1ccc2ccccc2c1. The summed E-state index contributed by atoms with van der Waals surface area (Å²) in [4.78, 5) is 50.4. The first kappa shape index (κ1) is 44.9. The number of nitrogens with one attached hydrogen (secondary N) is 8. The van der Waals surface area contributed by atoms with Crippen LogP contribution in [-0.2, 0) is 26.5 Å². The van der Waals surface area contributed by atoms with Crippen LogP contribution in [0.25, 0.3) is 21.5 Å². The van der Waals surface area contributed by atoms with Crippen molar-refractivity contribution < 1.29 is 36.0 Å². The molecular formula is C49H40N8O8S2. The van der Waals surface area contributed by atoms with E-state index in [1.165, 1.54) is 48.5 Å². The number of amides is 8. The van der Waals surface area contributed by atoms with Crippen molar-refractivity contribution in [1.29, 1.82) is 0 Å². The average molecular weight is 933 g/mol. The standard InChI is InChI=1S/C49H40N8O8S2/c58-46(54-42-25-19-34-7-1-3-9-36(34)28-42)52-40-11-5-13-44(30-40)66(62,63)56-48(60)50-38-21-15-32(16-22-38)27-33-17-23-39(24-18-33)51-49(61)57-67(64,65)45-14-6-12-41(31-45)53-47(59)55-43-26-20-35-8-2-4-10-37(35)29-43/h1-26,28-31H,27H2,(H2,50,56,60)(H2,51,57,61)(H2,52,54,58)(H2,53,55,59). The lowest BCUT2D eigenvalue weighted by Gasteiger charge is -2.12. The fraction of sp³-hybridized carbons (Fsp3) is 0.0204. The summed E-state index contributed by atoms with van der Waals surface area (Å²) >= 11 is 0. The van der Waals surface area contributed by atoms with Crippen molar-refractivity contribution in [1.82, 2.24) is 9.44 Å². The lowest BCUT2D eigenvalue weighted by atomic mass is 10.0. The predicted molar refractivity (Wildman–Crippen MR) is 260 cm³/mol. The van der Waals surface area contributed by atoms with Gasteiger partial charge in [0.25, 0.3) is 20.0 Å². The summed E-state index contributed by atoms with van der Waals surface area (Å²) in [6, 6.07) is 47.4. The van der Waals surface area contributed by atoms with Gasteiger partial charge < -0.3 is 31.9 Å². The van der Waals surface area contributed by atoms with Crippen molar-refractivity contribution >= 4 is 99.8 Å². The van der Waals surface area contributed by atoms with Crippen LogP contribution >= 0.6 is 0 Å². The normalized spacial score (nSPS) is 11.2. The van der Waals surface area contributed by atoms with Gasteiger partial charge in [-0.2, -0.15) is 0 Å². The van der Waals surface area contributed by atoms with Gasteiger partial charge >= 0.3 is 24.1 Å². The fourth-order valence-corrected chi connectivity index (χ4v) is 8.83. The molecule has 67 heavy (non-hydrogen) atoms. The highest BCUT2D eigenvalue weighted by Crippen LogP contribution is 2.23. The van der Waals surface area contributed by atoms with E-state index in [9.17, 15) is 36.0 Å². The number of hydrogen-bond acceptors (Lipinski definition) is 8. The second-order valence-electron chi connectivity index (χ2n) is 15.0. The van der Waals surface area contributed by atoms with Crippen molar-refractivity contribution in [3.63, 3.8) is 0 Å². The highest BCUT2D eigenvalue weighted by atomic mass is 32.2. The van der Waals surface area contributed by atoms with Crippen molar-refractivity contribution in [2.45, 2.75) is 16.2 Å². The molecule has 0 saturated heterocycles. The van der Waals surface area contributed by atoms with Gasteiger partial charge in [0.15, 0.2) is 0 Å². The molecular weight excluding hydrogens is 893 g/mol. The van der Waals surface area contributed by atoms with E-state index in [1.807, 2.05) is 82.2 Å². The number of benzene rings is 8. The van der Waals surface area contributed by atoms with Gasteiger partial charge in [-0.05, 0) is 124 Å². The van der Waals surface area contributed by atoms with Crippen LogP contribution in [0, 0.1) is 0 Å². The van der Waals surface area contributed by atoms with E-state index in [4.69, 9.17) is 0 Å². The first-order chi connectivity index (χ1) is 32.2. The molecule has 0 radical (unpaired) electrons. The summed E-state index contributed by atoms with van der Waals surface area (Å²) < 4.78 is 56.3. The van der Waals surface area contributed by atoms with Crippen LogP contribution in [0.5, 0.6) is 0 Å². The highest BCUT2D eigenvalue weighted by Gasteiger charge is 2.20. The molecule has 0 aliphatic rings. The second-order valence-corrected chi connectivity index (χ2v) is 18.4. The zero-order valence-electron chi connectivity index (χ0n) is 35.1. The Morgan fingerprint density at radius 2 is 0.642 bits per heavy atom. The Morgan fingerprint density at radius 3 is 1.03 bits per heavy atom. The molecule has 0 fully saturated rings. The number of anilines is 6. The summed E-state index contributed by atoms with van der Waals surface area (Å²) in [5, 5.41) is 19.6. The minimum Gasteiger partial charge on any atom is -0.308 e. The summed E-state index contributed by atoms with van der Waals surface area (Å²) in [5.74, 6) is 0. The molecule has 0 unspecified atom stereocenters.